The highest BCUT2D eigenvalue weighted by atomic mass is 16.3. The third-order valence-electron chi connectivity index (χ3n) is 4.08. The molecule has 6 heteroatoms. The molecular weight excluding hydrogens is 278 g/mol. The minimum Gasteiger partial charge on any atom is -0.392 e. The molecule has 2 N–H and O–H groups in total. The van der Waals surface area contributed by atoms with Crippen molar-refractivity contribution >= 4 is 11.8 Å². The fourth-order valence-electron chi connectivity index (χ4n) is 2.84. The summed E-state index contributed by atoms with van der Waals surface area (Å²) in [7, 11) is 3.98. The first-order chi connectivity index (χ1) is 10.4. The van der Waals surface area contributed by atoms with Gasteiger partial charge in [0.1, 0.15) is 5.82 Å². The Morgan fingerprint density at radius 1 is 1.36 bits per heavy atom. The number of aliphatic hydroxyl groups is 1. The van der Waals surface area contributed by atoms with Crippen molar-refractivity contribution in [2.24, 2.45) is 5.92 Å². The zero-order chi connectivity index (χ0) is 16.1. The minimum absolute atomic E-state index is 0.236. The molecule has 6 nitrogen and oxygen atoms in total. The first-order valence-electron chi connectivity index (χ1n) is 8.11. The molecule has 1 saturated heterocycles. The molecule has 0 unspecified atom stereocenters. The van der Waals surface area contributed by atoms with E-state index in [9.17, 15) is 5.11 Å². The van der Waals surface area contributed by atoms with E-state index in [1.165, 1.54) is 0 Å². The topological polar surface area (TPSA) is 64.5 Å². The molecule has 124 valence electrons. The van der Waals surface area contributed by atoms with E-state index in [0.29, 0.717) is 5.92 Å². The maximum atomic E-state index is 9.44. The maximum absolute atomic E-state index is 9.44. The average molecular weight is 307 g/mol. The number of rotatable bonds is 6. The highest BCUT2D eigenvalue weighted by molar-refractivity contribution is 5.43. The van der Waals surface area contributed by atoms with Crippen molar-refractivity contribution in [2.45, 2.75) is 32.8 Å². The number of anilines is 2. The number of nitrogens with zero attached hydrogens (tertiary/aromatic N) is 4. The fraction of sp³-hybridized carbons (Fsp3) is 0.750. The van der Waals surface area contributed by atoms with E-state index >= 15 is 0 Å². The number of likely N-dealkylation sites (tertiary alicyclic amines) is 1. The second-order valence-electron chi connectivity index (χ2n) is 6.56. The van der Waals surface area contributed by atoms with Gasteiger partial charge in [-0.25, -0.2) is 4.98 Å². The molecule has 0 aromatic carbocycles. The van der Waals surface area contributed by atoms with Crippen LogP contribution in [0.15, 0.2) is 6.07 Å². The van der Waals surface area contributed by atoms with Gasteiger partial charge in [0.05, 0.1) is 6.10 Å². The lowest BCUT2D eigenvalue weighted by Gasteiger charge is -2.32. The Morgan fingerprint density at radius 2 is 2.05 bits per heavy atom. The maximum Gasteiger partial charge on any atom is 0.224 e. The summed E-state index contributed by atoms with van der Waals surface area (Å²) in [4.78, 5) is 13.3. The van der Waals surface area contributed by atoms with Crippen molar-refractivity contribution in [3.8, 4) is 0 Å². The van der Waals surface area contributed by atoms with Gasteiger partial charge in [-0.1, -0.05) is 0 Å². The molecule has 1 fully saturated rings. The summed E-state index contributed by atoms with van der Waals surface area (Å²) >= 11 is 0. The highest BCUT2D eigenvalue weighted by Crippen LogP contribution is 2.18. The Morgan fingerprint density at radius 3 is 2.64 bits per heavy atom. The van der Waals surface area contributed by atoms with Crippen molar-refractivity contribution < 1.29 is 5.11 Å². The first-order valence-corrected chi connectivity index (χ1v) is 8.11. The highest BCUT2D eigenvalue weighted by Gasteiger charge is 2.20. The van der Waals surface area contributed by atoms with Crippen molar-refractivity contribution in [1.82, 2.24) is 14.9 Å². The molecule has 1 atom stereocenters. The molecule has 0 spiro atoms. The Balaban J connectivity index is 1.82. The molecule has 2 heterocycles. The van der Waals surface area contributed by atoms with Crippen LogP contribution in [-0.4, -0.2) is 66.4 Å². The van der Waals surface area contributed by atoms with E-state index in [-0.39, 0.29) is 6.10 Å². The van der Waals surface area contributed by atoms with E-state index in [0.717, 1.165) is 56.5 Å². The van der Waals surface area contributed by atoms with Gasteiger partial charge >= 0.3 is 0 Å². The molecule has 1 aromatic rings. The third-order valence-corrected chi connectivity index (χ3v) is 4.08. The predicted molar refractivity (Wildman–Crippen MR) is 90.4 cm³/mol. The zero-order valence-electron chi connectivity index (χ0n) is 14.2. The van der Waals surface area contributed by atoms with E-state index < -0.39 is 0 Å². The van der Waals surface area contributed by atoms with Crippen molar-refractivity contribution in [1.29, 1.82) is 0 Å². The van der Waals surface area contributed by atoms with Crippen LogP contribution in [0.25, 0.3) is 0 Å². The SMILES string of the molecule is Cc1cc(N(C)C)nc(NCC2CCN(C[C@@H](C)O)CC2)n1. The summed E-state index contributed by atoms with van der Waals surface area (Å²) in [5.41, 5.74) is 0.980. The van der Waals surface area contributed by atoms with Crippen LogP contribution in [0.2, 0.25) is 0 Å². The number of piperidine rings is 1. The van der Waals surface area contributed by atoms with Crippen LogP contribution in [0.3, 0.4) is 0 Å². The average Bonchev–Trinajstić information content (AvgIpc) is 2.45. The van der Waals surface area contributed by atoms with Crippen LogP contribution in [-0.2, 0) is 0 Å². The lowest BCUT2D eigenvalue weighted by molar-refractivity contribution is 0.102. The molecule has 0 bridgehead atoms. The molecule has 1 aromatic heterocycles. The van der Waals surface area contributed by atoms with Crippen molar-refractivity contribution in [3.63, 3.8) is 0 Å². The summed E-state index contributed by atoms with van der Waals surface area (Å²) < 4.78 is 0. The Hall–Kier alpha value is -1.40. The molecule has 0 aliphatic carbocycles. The summed E-state index contributed by atoms with van der Waals surface area (Å²) in [6.07, 6.45) is 2.08. The lowest BCUT2D eigenvalue weighted by atomic mass is 9.96. The normalized spacial score (nSPS) is 18.2. The minimum atomic E-state index is -0.236. The Bertz CT molecular complexity index is 470. The van der Waals surface area contributed by atoms with Gasteiger partial charge in [0.25, 0.3) is 0 Å². The Kier molecular flexibility index (Phi) is 5.97. The molecular formula is C16H29N5O. The number of nitrogens with one attached hydrogen (secondary N) is 1. The number of β-amino-alcohol motifs (C(OH)–C–C–N with tert-alkyl or cyclic N) is 1. The van der Waals surface area contributed by atoms with E-state index in [1.807, 2.05) is 38.9 Å². The summed E-state index contributed by atoms with van der Waals surface area (Å²) in [5, 5.41) is 12.8. The van der Waals surface area contributed by atoms with Gasteiger partial charge in [-0.15, -0.1) is 0 Å². The van der Waals surface area contributed by atoms with Crippen molar-refractivity contribution in [2.75, 3.05) is 50.5 Å². The van der Waals surface area contributed by atoms with Crippen LogP contribution in [0.4, 0.5) is 11.8 Å². The van der Waals surface area contributed by atoms with Gasteiger partial charge in [0, 0.05) is 38.9 Å². The summed E-state index contributed by atoms with van der Waals surface area (Å²) in [6.45, 7) is 7.68. The van der Waals surface area contributed by atoms with Crippen LogP contribution in [0, 0.1) is 12.8 Å². The number of aliphatic hydroxyl groups excluding tert-OH is 1. The summed E-state index contributed by atoms with van der Waals surface area (Å²) in [5.74, 6) is 2.30. The van der Waals surface area contributed by atoms with Gasteiger partial charge in [-0.3, -0.25) is 0 Å². The van der Waals surface area contributed by atoms with Gasteiger partial charge in [-0.2, -0.15) is 4.98 Å². The van der Waals surface area contributed by atoms with E-state index in [2.05, 4.69) is 20.2 Å². The zero-order valence-corrected chi connectivity index (χ0v) is 14.2. The molecule has 0 radical (unpaired) electrons. The monoisotopic (exact) mass is 307 g/mol. The van der Waals surface area contributed by atoms with E-state index in [1.54, 1.807) is 0 Å². The van der Waals surface area contributed by atoms with Crippen LogP contribution < -0.4 is 10.2 Å². The standard InChI is InChI=1S/C16H29N5O/c1-12-9-15(20(3)4)19-16(18-12)17-10-14-5-7-21(8-6-14)11-13(2)22/h9,13-14,22H,5-8,10-11H2,1-4H3,(H,17,18,19)/t13-/m1/s1. The quantitative estimate of drug-likeness (QED) is 0.827. The number of aryl methyl sites for hydroxylation is 1. The van der Waals surface area contributed by atoms with Crippen LogP contribution in [0.5, 0.6) is 0 Å². The van der Waals surface area contributed by atoms with Gasteiger partial charge in [0.15, 0.2) is 0 Å². The summed E-state index contributed by atoms with van der Waals surface area (Å²) in [6, 6.07) is 1.99. The fourth-order valence-corrected chi connectivity index (χ4v) is 2.84. The molecule has 1 aliphatic rings. The van der Waals surface area contributed by atoms with Crippen molar-refractivity contribution in [3.05, 3.63) is 11.8 Å². The second kappa shape index (κ2) is 7.74. The largest absolute Gasteiger partial charge is 0.392 e. The second-order valence-corrected chi connectivity index (χ2v) is 6.56. The predicted octanol–water partition coefficient (Wildman–Crippen LogP) is 1.36. The number of hydrogen-bond acceptors (Lipinski definition) is 6. The molecule has 2 rings (SSSR count). The molecule has 0 saturated carbocycles. The smallest absolute Gasteiger partial charge is 0.224 e. The van der Waals surface area contributed by atoms with Gasteiger partial charge in [-0.05, 0) is 45.7 Å². The molecule has 1 aliphatic heterocycles. The third kappa shape index (κ3) is 5.10. The lowest BCUT2D eigenvalue weighted by Crippen LogP contribution is -2.39. The van der Waals surface area contributed by atoms with Crippen LogP contribution >= 0.6 is 0 Å². The Labute approximate surface area is 133 Å². The number of aromatic nitrogens is 2. The van der Waals surface area contributed by atoms with Crippen LogP contribution in [0.1, 0.15) is 25.5 Å². The molecule has 0 amide bonds. The number of hydrogen-bond donors (Lipinski definition) is 2. The van der Waals surface area contributed by atoms with Gasteiger partial charge < -0.3 is 20.2 Å². The van der Waals surface area contributed by atoms with E-state index in [4.69, 9.17) is 0 Å². The first kappa shape index (κ1) is 17.0. The van der Waals surface area contributed by atoms with Gasteiger partial charge in [0.2, 0.25) is 5.95 Å². The molecule has 22 heavy (non-hydrogen) atoms.